The fourth-order valence-electron chi connectivity index (χ4n) is 1.50. The van der Waals surface area contributed by atoms with Gasteiger partial charge in [-0.3, -0.25) is 4.79 Å². The Hall–Kier alpha value is -2.28. The van der Waals surface area contributed by atoms with Crippen LogP contribution < -0.4 is 10.6 Å². The second-order valence-electron chi connectivity index (χ2n) is 4.25. The number of nitrogens with one attached hydrogen (secondary N) is 2. The summed E-state index contributed by atoms with van der Waals surface area (Å²) in [7, 11) is 1.13. The average molecular weight is 315 g/mol. The summed E-state index contributed by atoms with van der Waals surface area (Å²) in [6, 6.07) is 2.84. The van der Waals surface area contributed by atoms with Crippen molar-refractivity contribution in [1.29, 1.82) is 0 Å². The molecule has 1 atom stereocenters. The number of amides is 2. The van der Waals surface area contributed by atoms with E-state index in [0.717, 1.165) is 12.7 Å². The normalized spacial score (nSPS) is 11.4. The second kappa shape index (κ2) is 7.49. The van der Waals surface area contributed by atoms with Gasteiger partial charge >= 0.3 is 18.0 Å². The molecule has 0 heterocycles. The van der Waals surface area contributed by atoms with Crippen LogP contribution in [-0.2, 0) is 14.3 Å². The Bertz CT molecular complexity index is 561. The first-order valence-electron chi connectivity index (χ1n) is 5.96. The third-order valence-corrected chi connectivity index (χ3v) is 2.90. The van der Waals surface area contributed by atoms with E-state index >= 15 is 0 Å². The number of aliphatic carboxylic acids is 1. The van der Waals surface area contributed by atoms with E-state index in [0.29, 0.717) is 10.7 Å². The number of halogens is 1. The number of rotatable bonds is 5. The number of ether oxygens (including phenoxy) is 1. The number of methoxy groups -OCH3 is 1. The van der Waals surface area contributed by atoms with E-state index in [4.69, 9.17) is 16.7 Å². The summed E-state index contributed by atoms with van der Waals surface area (Å²) < 4.78 is 4.37. The number of carboxylic acids is 1. The lowest BCUT2D eigenvalue weighted by atomic mass is 10.2. The number of carboxylic acid groups (broad SMARTS) is 1. The van der Waals surface area contributed by atoms with Crippen molar-refractivity contribution < 1.29 is 24.2 Å². The number of anilines is 1. The molecule has 0 saturated carbocycles. The third kappa shape index (κ3) is 5.31. The summed E-state index contributed by atoms with van der Waals surface area (Å²) in [5.41, 5.74) is 1.22. The molecule has 0 aliphatic rings. The SMILES string of the molecule is COC(=O)C[C@H](NC(=O)Nc1cc(C)ccc1Cl)C(=O)O. The van der Waals surface area contributed by atoms with E-state index in [1.807, 2.05) is 6.92 Å². The number of carbonyl (C=O) groups is 3. The van der Waals surface area contributed by atoms with Crippen molar-refractivity contribution in [1.82, 2.24) is 5.32 Å². The van der Waals surface area contributed by atoms with Crippen LogP contribution in [0.1, 0.15) is 12.0 Å². The Morgan fingerprint density at radius 1 is 1.38 bits per heavy atom. The molecule has 0 saturated heterocycles. The summed E-state index contributed by atoms with van der Waals surface area (Å²) in [6.07, 6.45) is -0.471. The molecule has 2 amide bonds. The minimum atomic E-state index is -1.39. The van der Waals surface area contributed by atoms with Crippen LogP contribution in [0.3, 0.4) is 0 Å². The maximum atomic E-state index is 11.8. The van der Waals surface area contributed by atoms with Crippen LogP contribution in [0.15, 0.2) is 18.2 Å². The molecule has 0 fully saturated rings. The Labute approximate surface area is 126 Å². The van der Waals surface area contributed by atoms with Gasteiger partial charge in [-0.25, -0.2) is 9.59 Å². The van der Waals surface area contributed by atoms with Crippen molar-refractivity contribution in [2.24, 2.45) is 0 Å². The van der Waals surface area contributed by atoms with Crippen LogP contribution in [0, 0.1) is 6.92 Å². The van der Waals surface area contributed by atoms with Gasteiger partial charge in [0.1, 0.15) is 6.04 Å². The van der Waals surface area contributed by atoms with E-state index < -0.39 is 30.4 Å². The van der Waals surface area contributed by atoms with Gasteiger partial charge in [0.2, 0.25) is 0 Å². The summed E-state index contributed by atoms with van der Waals surface area (Å²) in [5, 5.41) is 13.9. The van der Waals surface area contributed by atoms with Gasteiger partial charge in [-0.1, -0.05) is 17.7 Å². The molecule has 0 unspecified atom stereocenters. The van der Waals surface area contributed by atoms with Crippen molar-refractivity contribution in [3.05, 3.63) is 28.8 Å². The van der Waals surface area contributed by atoms with E-state index in [1.165, 1.54) is 0 Å². The lowest BCUT2D eigenvalue weighted by molar-refractivity contribution is -0.147. The quantitative estimate of drug-likeness (QED) is 0.719. The van der Waals surface area contributed by atoms with Crippen LogP contribution in [-0.4, -0.2) is 36.2 Å². The lowest BCUT2D eigenvalue weighted by Gasteiger charge is -2.15. The van der Waals surface area contributed by atoms with E-state index in [2.05, 4.69) is 15.4 Å². The highest BCUT2D eigenvalue weighted by Crippen LogP contribution is 2.22. The molecular formula is C13H15ClN2O5. The smallest absolute Gasteiger partial charge is 0.326 e. The predicted octanol–water partition coefficient (Wildman–Crippen LogP) is 1.79. The molecule has 1 aromatic rings. The number of hydrogen-bond donors (Lipinski definition) is 3. The number of esters is 1. The van der Waals surface area contributed by atoms with Gasteiger partial charge in [0.25, 0.3) is 0 Å². The summed E-state index contributed by atoms with van der Waals surface area (Å²) >= 11 is 5.91. The molecule has 0 aromatic heterocycles. The summed E-state index contributed by atoms with van der Waals surface area (Å²) in [5.74, 6) is -2.08. The topological polar surface area (TPSA) is 105 Å². The molecule has 0 radical (unpaired) electrons. The average Bonchev–Trinajstić information content (AvgIpc) is 2.41. The minimum absolute atomic E-state index is 0.315. The molecule has 3 N–H and O–H groups in total. The predicted molar refractivity (Wildman–Crippen MR) is 76.4 cm³/mol. The number of carbonyl (C=O) groups excluding carboxylic acids is 2. The van der Waals surface area contributed by atoms with Gasteiger partial charge in [0.05, 0.1) is 24.2 Å². The number of benzene rings is 1. The fraction of sp³-hybridized carbons (Fsp3) is 0.308. The zero-order chi connectivity index (χ0) is 16.0. The first-order chi connectivity index (χ1) is 9.83. The molecular weight excluding hydrogens is 300 g/mol. The molecule has 0 spiro atoms. The number of hydrogen-bond acceptors (Lipinski definition) is 4. The Balaban J connectivity index is 2.72. The first-order valence-corrected chi connectivity index (χ1v) is 6.34. The summed E-state index contributed by atoms with van der Waals surface area (Å²) in [6.45, 7) is 1.82. The molecule has 0 aliphatic heterocycles. The van der Waals surface area contributed by atoms with Crippen molar-refractivity contribution in [3.8, 4) is 0 Å². The fourth-order valence-corrected chi connectivity index (χ4v) is 1.67. The monoisotopic (exact) mass is 314 g/mol. The van der Waals surface area contributed by atoms with Crippen LogP contribution in [0.4, 0.5) is 10.5 Å². The minimum Gasteiger partial charge on any atom is -0.480 e. The largest absolute Gasteiger partial charge is 0.480 e. The third-order valence-electron chi connectivity index (χ3n) is 2.57. The van der Waals surface area contributed by atoms with Crippen molar-refractivity contribution in [2.45, 2.75) is 19.4 Å². The van der Waals surface area contributed by atoms with Gasteiger partial charge in [0, 0.05) is 0 Å². The maximum absolute atomic E-state index is 11.8. The summed E-state index contributed by atoms with van der Waals surface area (Å²) in [4.78, 5) is 33.8. The highest BCUT2D eigenvalue weighted by atomic mass is 35.5. The van der Waals surface area contributed by atoms with Gasteiger partial charge in [-0.15, -0.1) is 0 Å². The molecule has 114 valence electrons. The number of aryl methyl sites for hydroxylation is 1. The van der Waals surface area contributed by atoms with Crippen LogP contribution in [0.2, 0.25) is 5.02 Å². The molecule has 0 bridgehead atoms. The molecule has 0 aliphatic carbocycles. The van der Waals surface area contributed by atoms with Crippen LogP contribution in [0.5, 0.6) is 0 Å². The Morgan fingerprint density at radius 3 is 2.62 bits per heavy atom. The zero-order valence-electron chi connectivity index (χ0n) is 11.5. The van der Waals surface area contributed by atoms with Crippen molar-refractivity contribution in [2.75, 3.05) is 12.4 Å². The highest BCUT2D eigenvalue weighted by Gasteiger charge is 2.23. The van der Waals surface area contributed by atoms with Gasteiger partial charge in [-0.05, 0) is 24.6 Å². The van der Waals surface area contributed by atoms with Crippen LogP contribution >= 0.6 is 11.6 Å². The second-order valence-corrected chi connectivity index (χ2v) is 4.66. The lowest BCUT2D eigenvalue weighted by Crippen LogP contribution is -2.44. The van der Waals surface area contributed by atoms with Gasteiger partial charge < -0.3 is 20.5 Å². The van der Waals surface area contributed by atoms with E-state index in [9.17, 15) is 14.4 Å². The first kappa shape index (κ1) is 16.8. The van der Waals surface area contributed by atoms with E-state index in [1.54, 1.807) is 18.2 Å². The number of urea groups is 1. The molecule has 1 aromatic carbocycles. The van der Waals surface area contributed by atoms with Gasteiger partial charge in [0.15, 0.2) is 0 Å². The zero-order valence-corrected chi connectivity index (χ0v) is 12.2. The molecule has 7 nitrogen and oxygen atoms in total. The molecule has 8 heteroatoms. The van der Waals surface area contributed by atoms with Gasteiger partial charge in [-0.2, -0.15) is 0 Å². The van der Waals surface area contributed by atoms with Crippen molar-refractivity contribution in [3.63, 3.8) is 0 Å². The molecule has 1 rings (SSSR count). The molecule has 21 heavy (non-hydrogen) atoms. The Kier molecular flexibility index (Phi) is 5.98. The highest BCUT2D eigenvalue weighted by molar-refractivity contribution is 6.33. The maximum Gasteiger partial charge on any atom is 0.326 e. The van der Waals surface area contributed by atoms with Crippen LogP contribution in [0.25, 0.3) is 0 Å². The van der Waals surface area contributed by atoms with Crippen molar-refractivity contribution >= 4 is 35.3 Å². The Morgan fingerprint density at radius 2 is 2.05 bits per heavy atom. The van der Waals surface area contributed by atoms with E-state index in [-0.39, 0.29) is 0 Å². The standard InChI is InChI=1S/C13H15ClN2O5/c1-7-3-4-8(14)9(5-7)15-13(20)16-10(12(18)19)6-11(17)21-2/h3-5,10H,6H2,1-2H3,(H,18,19)(H2,15,16,20)/t10-/m0/s1.